The lowest BCUT2D eigenvalue weighted by Crippen LogP contribution is -2.25. The molecule has 52 heavy (non-hydrogen) atoms. The van der Waals surface area contributed by atoms with Crippen LogP contribution >= 0.6 is 0 Å². The molecule has 1 aliphatic rings. The summed E-state index contributed by atoms with van der Waals surface area (Å²) in [5, 5.41) is 0. The highest BCUT2D eigenvalue weighted by atomic mass is 19.3. The Kier molecular flexibility index (Phi) is 13.8. The second kappa shape index (κ2) is 18.2. The van der Waals surface area contributed by atoms with Crippen LogP contribution in [0, 0.1) is 40.8 Å². The Labute approximate surface area is 301 Å². The SMILES string of the molecule is CCCCCCCCCCCCC1CCC(c2ccc(-c3ccc(-c4cc(F)c(C(F)(F)Oc5cc(F)c(F)c(F)c5)c(F)c4)c(F)c3)cc2)CC1. The molecule has 4 aromatic rings. The van der Waals surface area contributed by atoms with Gasteiger partial charge in [-0.15, -0.1) is 0 Å². The van der Waals surface area contributed by atoms with E-state index in [0.717, 1.165) is 24.3 Å². The van der Waals surface area contributed by atoms with E-state index in [1.807, 2.05) is 12.1 Å². The number of unbranched alkanes of at least 4 members (excludes halogenated alkanes) is 9. The van der Waals surface area contributed by atoms with E-state index in [9.17, 15) is 30.7 Å². The summed E-state index contributed by atoms with van der Waals surface area (Å²) in [5.41, 5.74) is 0.0925. The number of rotatable bonds is 17. The maximum atomic E-state index is 15.3. The van der Waals surface area contributed by atoms with Gasteiger partial charge in [0.15, 0.2) is 17.5 Å². The van der Waals surface area contributed by atoms with Crippen LogP contribution in [-0.2, 0) is 6.11 Å². The van der Waals surface area contributed by atoms with Gasteiger partial charge in [0.05, 0.1) is 0 Å². The number of benzene rings is 4. The predicted molar refractivity (Wildman–Crippen MR) is 189 cm³/mol. The summed E-state index contributed by atoms with van der Waals surface area (Å²) in [7, 11) is 0. The van der Waals surface area contributed by atoms with Crippen LogP contribution in [0.15, 0.2) is 66.7 Å². The Bertz CT molecular complexity index is 1720. The highest BCUT2D eigenvalue weighted by Gasteiger charge is 2.41. The number of ether oxygens (including phenoxy) is 1. The van der Waals surface area contributed by atoms with E-state index in [1.54, 1.807) is 6.07 Å². The molecule has 1 fully saturated rings. The third-order valence-corrected chi connectivity index (χ3v) is 10.3. The molecule has 1 aliphatic carbocycles. The van der Waals surface area contributed by atoms with Crippen molar-refractivity contribution in [2.45, 2.75) is 115 Å². The summed E-state index contributed by atoms with van der Waals surface area (Å²) >= 11 is 0. The molecular formula is C43H46F8O. The molecule has 1 saturated carbocycles. The number of hydrogen-bond donors (Lipinski definition) is 0. The third kappa shape index (κ3) is 10.2. The summed E-state index contributed by atoms with van der Waals surface area (Å²) in [5.74, 6) is -9.88. The molecule has 9 heteroatoms. The molecule has 5 rings (SSSR count). The number of alkyl halides is 2. The molecule has 0 amide bonds. The van der Waals surface area contributed by atoms with Crippen LogP contribution in [0.2, 0.25) is 0 Å². The molecule has 0 spiro atoms. The van der Waals surface area contributed by atoms with E-state index in [0.29, 0.717) is 23.6 Å². The van der Waals surface area contributed by atoms with Crippen molar-refractivity contribution in [1.82, 2.24) is 0 Å². The van der Waals surface area contributed by atoms with Gasteiger partial charge in [-0.1, -0.05) is 114 Å². The van der Waals surface area contributed by atoms with Crippen molar-refractivity contribution in [3.8, 4) is 28.0 Å². The van der Waals surface area contributed by atoms with Crippen LogP contribution in [0.4, 0.5) is 35.1 Å². The van der Waals surface area contributed by atoms with Gasteiger partial charge < -0.3 is 4.74 Å². The van der Waals surface area contributed by atoms with E-state index in [1.165, 1.54) is 101 Å². The van der Waals surface area contributed by atoms with Crippen molar-refractivity contribution in [2.24, 2.45) is 5.92 Å². The van der Waals surface area contributed by atoms with Gasteiger partial charge >= 0.3 is 6.11 Å². The molecule has 0 aromatic heterocycles. The molecule has 280 valence electrons. The molecule has 0 aliphatic heterocycles. The van der Waals surface area contributed by atoms with E-state index in [4.69, 9.17) is 0 Å². The largest absolute Gasteiger partial charge is 0.432 e. The van der Waals surface area contributed by atoms with Gasteiger partial charge in [0, 0.05) is 17.7 Å². The minimum Gasteiger partial charge on any atom is -0.429 e. The molecule has 0 bridgehead atoms. The Balaban J connectivity index is 1.14. The van der Waals surface area contributed by atoms with Crippen molar-refractivity contribution < 1.29 is 39.9 Å². The zero-order valence-corrected chi connectivity index (χ0v) is 29.5. The normalized spacial score (nSPS) is 16.3. The molecule has 0 saturated heterocycles. The quantitative estimate of drug-likeness (QED) is 0.0597. The molecule has 0 unspecified atom stereocenters. The standard InChI is InChI=1S/C43H46F8O/c1-2-3-4-5-6-7-8-9-10-11-12-28-13-15-29(16-14-28)30-17-19-31(20-18-30)32-21-22-35(36(44)23-32)33-24-37(45)41(38(46)25-33)43(50,51)52-34-26-39(47)42(49)40(48)27-34/h17-29H,2-16H2,1H3. The maximum Gasteiger partial charge on any atom is 0.432 e. The Morgan fingerprint density at radius 1 is 0.558 bits per heavy atom. The third-order valence-electron chi connectivity index (χ3n) is 10.3. The van der Waals surface area contributed by atoms with Crippen LogP contribution in [0.5, 0.6) is 5.75 Å². The first-order valence-corrected chi connectivity index (χ1v) is 18.6. The summed E-state index contributed by atoms with van der Waals surface area (Å²) in [6, 6.07) is 13.3. The summed E-state index contributed by atoms with van der Waals surface area (Å²) < 4.78 is 119. The van der Waals surface area contributed by atoms with Crippen molar-refractivity contribution in [3.05, 3.63) is 113 Å². The summed E-state index contributed by atoms with van der Waals surface area (Å²) in [6.07, 6.45) is 14.9. The zero-order chi connectivity index (χ0) is 37.3. The molecule has 0 radical (unpaired) electrons. The topological polar surface area (TPSA) is 9.23 Å². The van der Waals surface area contributed by atoms with Gasteiger partial charge in [0.2, 0.25) is 0 Å². The second-order valence-electron chi connectivity index (χ2n) is 14.1. The van der Waals surface area contributed by atoms with E-state index in [-0.39, 0.29) is 23.3 Å². The smallest absolute Gasteiger partial charge is 0.429 e. The van der Waals surface area contributed by atoms with Crippen LogP contribution in [0.25, 0.3) is 22.3 Å². The summed E-state index contributed by atoms with van der Waals surface area (Å²) in [4.78, 5) is 0. The molecule has 0 atom stereocenters. The van der Waals surface area contributed by atoms with Crippen LogP contribution in [0.1, 0.15) is 120 Å². The van der Waals surface area contributed by atoms with E-state index < -0.39 is 52.3 Å². The first kappa shape index (κ1) is 39.3. The highest BCUT2D eigenvalue weighted by Crippen LogP contribution is 2.40. The monoisotopic (exact) mass is 730 g/mol. The first-order valence-electron chi connectivity index (χ1n) is 18.6. The Hall–Kier alpha value is -3.88. The zero-order valence-electron chi connectivity index (χ0n) is 29.5. The predicted octanol–water partition coefficient (Wildman–Crippen LogP) is 14.6. The lowest BCUT2D eigenvalue weighted by Gasteiger charge is -2.29. The fourth-order valence-corrected chi connectivity index (χ4v) is 7.38. The van der Waals surface area contributed by atoms with Gasteiger partial charge in [0.25, 0.3) is 0 Å². The fourth-order valence-electron chi connectivity index (χ4n) is 7.38. The van der Waals surface area contributed by atoms with Crippen LogP contribution in [-0.4, -0.2) is 0 Å². The molecular weight excluding hydrogens is 684 g/mol. The van der Waals surface area contributed by atoms with Crippen LogP contribution in [0.3, 0.4) is 0 Å². The van der Waals surface area contributed by atoms with Gasteiger partial charge in [0.1, 0.15) is 28.8 Å². The number of hydrogen-bond acceptors (Lipinski definition) is 1. The summed E-state index contributed by atoms with van der Waals surface area (Å²) in [6.45, 7) is 2.25. The molecule has 4 aromatic carbocycles. The van der Waals surface area contributed by atoms with Crippen molar-refractivity contribution >= 4 is 0 Å². The number of halogens is 8. The Morgan fingerprint density at radius 2 is 1.08 bits per heavy atom. The van der Waals surface area contributed by atoms with Gasteiger partial charge in [-0.25, -0.2) is 26.3 Å². The van der Waals surface area contributed by atoms with Crippen molar-refractivity contribution in [2.75, 3.05) is 0 Å². The minimum absolute atomic E-state index is 0.117. The maximum absolute atomic E-state index is 15.3. The molecule has 1 nitrogen and oxygen atoms in total. The van der Waals surface area contributed by atoms with E-state index >= 15 is 4.39 Å². The Morgan fingerprint density at radius 3 is 1.63 bits per heavy atom. The van der Waals surface area contributed by atoms with E-state index in [2.05, 4.69) is 23.8 Å². The average molecular weight is 731 g/mol. The minimum atomic E-state index is -4.75. The van der Waals surface area contributed by atoms with Gasteiger partial charge in [-0.3, -0.25) is 0 Å². The van der Waals surface area contributed by atoms with Gasteiger partial charge in [-0.05, 0) is 78.0 Å². The average Bonchev–Trinajstić information content (AvgIpc) is 3.11. The van der Waals surface area contributed by atoms with Crippen molar-refractivity contribution in [1.29, 1.82) is 0 Å². The lowest BCUT2D eigenvalue weighted by molar-refractivity contribution is -0.189. The highest BCUT2D eigenvalue weighted by molar-refractivity contribution is 5.71. The fraction of sp³-hybridized carbons (Fsp3) is 0.442. The van der Waals surface area contributed by atoms with Gasteiger partial charge in [-0.2, -0.15) is 8.78 Å². The second-order valence-corrected chi connectivity index (χ2v) is 14.1. The first-order chi connectivity index (χ1) is 25.0. The van der Waals surface area contributed by atoms with Crippen LogP contribution < -0.4 is 4.74 Å². The van der Waals surface area contributed by atoms with Crippen molar-refractivity contribution in [3.63, 3.8) is 0 Å². The lowest BCUT2D eigenvalue weighted by atomic mass is 9.77. The molecule has 0 heterocycles. The molecule has 0 N–H and O–H groups in total.